The summed E-state index contributed by atoms with van der Waals surface area (Å²) in [6.45, 7) is 7.14. The first kappa shape index (κ1) is 15.8. The Balaban J connectivity index is 1.96. The zero-order chi connectivity index (χ0) is 15.3. The molecule has 1 unspecified atom stereocenters. The summed E-state index contributed by atoms with van der Waals surface area (Å²) in [7, 11) is 1.89. The standard InChI is InChI=1S/C17H26N2O2/c1-4-21-15-8-6-14(7-9-15)12-19(3)16(20)17(2)10-5-11-18-13-17/h6-9,18H,4-5,10-13H2,1-3H3. The predicted octanol–water partition coefficient (Wildman–Crippen LogP) is 2.43. The number of nitrogens with one attached hydrogen (secondary N) is 1. The molecule has 1 saturated heterocycles. The van der Waals surface area contributed by atoms with Crippen molar-refractivity contribution in [2.24, 2.45) is 5.41 Å². The van der Waals surface area contributed by atoms with Gasteiger partial charge in [-0.2, -0.15) is 0 Å². The summed E-state index contributed by atoms with van der Waals surface area (Å²) in [6, 6.07) is 7.97. The molecule has 1 aliphatic rings. The first-order valence-corrected chi connectivity index (χ1v) is 7.73. The van der Waals surface area contributed by atoms with Gasteiger partial charge in [-0.25, -0.2) is 0 Å². The number of benzene rings is 1. The van der Waals surface area contributed by atoms with Crippen molar-refractivity contribution in [2.75, 3.05) is 26.7 Å². The molecule has 4 heteroatoms. The average Bonchev–Trinajstić information content (AvgIpc) is 2.49. The van der Waals surface area contributed by atoms with Crippen LogP contribution in [0.4, 0.5) is 0 Å². The topological polar surface area (TPSA) is 41.6 Å². The van der Waals surface area contributed by atoms with Crippen molar-refractivity contribution in [3.8, 4) is 5.75 Å². The Hall–Kier alpha value is -1.55. The quantitative estimate of drug-likeness (QED) is 0.905. The monoisotopic (exact) mass is 290 g/mol. The third kappa shape index (κ3) is 3.97. The van der Waals surface area contributed by atoms with Crippen molar-refractivity contribution >= 4 is 5.91 Å². The van der Waals surface area contributed by atoms with Crippen LogP contribution < -0.4 is 10.1 Å². The minimum Gasteiger partial charge on any atom is -0.494 e. The second-order valence-corrected chi connectivity index (χ2v) is 6.08. The number of ether oxygens (including phenoxy) is 1. The van der Waals surface area contributed by atoms with E-state index in [1.54, 1.807) is 0 Å². The molecule has 21 heavy (non-hydrogen) atoms. The smallest absolute Gasteiger partial charge is 0.229 e. The molecule has 4 nitrogen and oxygen atoms in total. The first-order valence-electron chi connectivity index (χ1n) is 7.73. The largest absolute Gasteiger partial charge is 0.494 e. The van der Waals surface area contributed by atoms with Crippen LogP contribution in [0.25, 0.3) is 0 Å². The Labute approximate surface area is 127 Å². The molecule has 0 saturated carbocycles. The van der Waals surface area contributed by atoms with Crippen LogP contribution in [0.5, 0.6) is 5.75 Å². The Bertz CT molecular complexity index is 464. The van der Waals surface area contributed by atoms with Crippen LogP contribution in [-0.2, 0) is 11.3 Å². The molecule has 1 aromatic carbocycles. The van der Waals surface area contributed by atoms with Crippen LogP contribution >= 0.6 is 0 Å². The molecule has 0 radical (unpaired) electrons. The summed E-state index contributed by atoms with van der Waals surface area (Å²) in [4.78, 5) is 14.5. The third-order valence-corrected chi connectivity index (χ3v) is 4.11. The number of carbonyl (C=O) groups is 1. The van der Waals surface area contributed by atoms with Crippen LogP contribution in [0.15, 0.2) is 24.3 Å². The summed E-state index contributed by atoms with van der Waals surface area (Å²) in [5.41, 5.74) is 0.861. The fourth-order valence-corrected chi connectivity index (χ4v) is 2.90. The summed E-state index contributed by atoms with van der Waals surface area (Å²) in [5, 5.41) is 3.33. The average molecular weight is 290 g/mol. The van der Waals surface area contributed by atoms with Gasteiger partial charge in [0.1, 0.15) is 5.75 Å². The summed E-state index contributed by atoms with van der Waals surface area (Å²) >= 11 is 0. The van der Waals surface area contributed by atoms with E-state index in [1.165, 1.54) is 0 Å². The van der Waals surface area contributed by atoms with Gasteiger partial charge in [0.2, 0.25) is 5.91 Å². The van der Waals surface area contributed by atoms with Gasteiger partial charge in [0.25, 0.3) is 0 Å². The molecule has 0 spiro atoms. The van der Waals surface area contributed by atoms with Crippen LogP contribution in [0, 0.1) is 5.41 Å². The number of hydrogen-bond acceptors (Lipinski definition) is 3. The van der Waals surface area contributed by atoms with Gasteiger partial charge in [0, 0.05) is 20.1 Å². The molecule has 1 fully saturated rings. The lowest BCUT2D eigenvalue weighted by atomic mass is 9.81. The van der Waals surface area contributed by atoms with Crippen LogP contribution in [0.1, 0.15) is 32.3 Å². The lowest BCUT2D eigenvalue weighted by Crippen LogP contribution is -2.48. The Morgan fingerprint density at radius 3 is 2.67 bits per heavy atom. The van der Waals surface area contributed by atoms with Crippen molar-refractivity contribution < 1.29 is 9.53 Å². The number of carbonyl (C=O) groups excluding carboxylic acids is 1. The highest BCUT2D eigenvalue weighted by atomic mass is 16.5. The molecule has 0 bridgehead atoms. The number of piperidine rings is 1. The minimum atomic E-state index is -0.266. The third-order valence-electron chi connectivity index (χ3n) is 4.11. The Morgan fingerprint density at radius 2 is 2.10 bits per heavy atom. The van der Waals surface area contributed by atoms with Gasteiger partial charge in [-0.3, -0.25) is 4.79 Å². The number of rotatable bonds is 5. The van der Waals surface area contributed by atoms with Crippen molar-refractivity contribution in [3.05, 3.63) is 29.8 Å². The van der Waals surface area contributed by atoms with E-state index in [2.05, 4.69) is 12.2 Å². The lowest BCUT2D eigenvalue weighted by Gasteiger charge is -2.36. The van der Waals surface area contributed by atoms with Gasteiger partial charge in [-0.15, -0.1) is 0 Å². The normalized spacial score (nSPS) is 21.9. The number of nitrogens with zero attached hydrogens (tertiary/aromatic N) is 1. The maximum absolute atomic E-state index is 12.7. The van der Waals surface area contributed by atoms with Gasteiger partial charge in [-0.05, 0) is 50.9 Å². The van der Waals surface area contributed by atoms with Gasteiger partial charge in [0.15, 0.2) is 0 Å². The zero-order valence-corrected chi connectivity index (χ0v) is 13.3. The molecule has 1 aromatic rings. The summed E-state index contributed by atoms with van der Waals surface area (Å²) in [6.07, 6.45) is 2.03. The highest BCUT2D eigenvalue weighted by molar-refractivity contribution is 5.82. The molecule has 0 aromatic heterocycles. The van der Waals surface area contributed by atoms with E-state index in [-0.39, 0.29) is 11.3 Å². The number of amides is 1. The first-order chi connectivity index (χ1) is 10.0. The molecular weight excluding hydrogens is 264 g/mol. The molecule has 0 aliphatic carbocycles. The van der Waals surface area contributed by atoms with Crippen LogP contribution in [0.3, 0.4) is 0 Å². The fourth-order valence-electron chi connectivity index (χ4n) is 2.90. The van der Waals surface area contributed by atoms with Crippen LogP contribution in [-0.4, -0.2) is 37.6 Å². The van der Waals surface area contributed by atoms with E-state index >= 15 is 0 Å². The van der Waals surface area contributed by atoms with Gasteiger partial charge in [0.05, 0.1) is 12.0 Å². The molecule has 1 heterocycles. The van der Waals surface area contributed by atoms with E-state index < -0.39 is 0 Å². The molecule has 1 atom stereocenters. The molecule has 116 valence electrons. The fraction of sp³-hybridized carbons (Fsp3) is 0.588. The minimum absolute atomic E-state index is 0.226. The number of hydrogen-bond donors (Lipinski definition) is 1. The van der Waals surface area contributed by atoms with E-state index in [0.29, 0.717) is 13.2 Å². The summed E-state index contributed by atoms with van der Waals surface area (Å²) < 4.78 is 5.44. The zero-order valence-electron chi connectivity index (χ0n) is 13.3. The van der Waals surface area contributed by atoms with E-state index in [0.717, 1.165) is 37.2 Å². The maximum atomic E-state index is 12.7. The SMILES string of the molecule is CCOc1ccc(CN(C)C(=O)C2(C)CCCNC2)cc1. The lowest BCUT2D eigenvalue weighted by molar-refractivity contribution is -0.141. The van der Waals surface area contributed by atoms with Crippen LogP contribution in [0.2, 0.25) is 0 Å². The van der Waals surface area contributed by atoms with Crippen molar-refractivity contribution in [3.63, 3.8) is 0 Å². The molecule has 1 N–H and O–H groups in total. The molecular formula is C17H26N2O2. The van der Waals surface area contributed by atoms with E-state index in [1.807, 2.05) is 43.1 Å². The molecule has 1 amide bonds. The van der Waals surface area contributed by atoms with E-state index in [4.69, 9.17) is 4.74 Å². The van der Waals surface area contributed by atoms with Crippen molar-refractivity contribution in [1.82, 2.24) is 10.2 Å². The van der Waals surface area contributed by atoms with Crippen molar-refractivity contribution in [2.45, 2.75) is 33.2 Å². The molecule has 2 rings (SSSR count). The van der Waals surface area contributed by atoms with E-state index in [9.17, 15) is 4.79 Å². The predicted molar refractivity (Wildman–Crippen MR) is 84.3 cm³/mol. The Kier molecular flexibility index (Phi) is 5.23. The van der Waals surface area contributed by atoms with Gasteiger partial charge < -0.3 is 15.0 Å². The second-order valence-electron chi connectivity index (χ2n) is 6.08. The highest BCUT2D eigenvalue weighted by Gasteiger charge is 2.36. The second kappa shape index (κ2) is 6.94. The van der Waals surface area contributed by atoms with Gasteiger partial charge >= 0.3 is 0 Å². The maximum Gasteiger partial charge on any atom is 0.229 e. The summed E-state index contributed by atoms with van der Waals surface area (Å²) in [5.74, 6) is 1.10. The van der Waals surface area contributed by atoms with Gasteiger partial charge in [-0.1, -0.05) is 12.1 Å². The van der Waals surface area contributed by atoms with Crippen molar-refractivity contribution in [1.29, 1.82) is 0 Å². The Morgan fingerprint density at radius 1 is 1.38 bits per heavy atom. The highest BCUT2D eigenvalue weighted by Crippen LogP contribution is 2.28. The molecule has 1 aliphatic heterocycles.